The molecule has 0 rings (SSSR count). The fourth-order valence-corrected chi connectivity index (χ4v) is 0.898. The maximum absolute atomic E-state index is 11.8. The molecule has 0 spiro atoms. The molecule has 0 aromatic carbocycles. The van der Waals surface area contributed by atoms with E-state index in [0.29, 0.717) is 0 Å². The summed E-state index contributed by atoms with van der Waals surface area (Å²) in [5.41, 5.74) is 4.31. The van der Waals surface area contributed by atoms with E-state index in [4.69, 9.17) is 5.73 Å². The first-order chi connectivity index (χ1) is 5.54. The highest BCUT2D eigenvalue weighted by molar-refractivity contribution is 5.88. The predicted molar refractivity (Wildman–Crippen MR) is 43.1 cm³/mol. The van der Waals surface area contributed by atoms with E-state index in [9.17, 15) is 18.0 Å². The molecule has 1 atom stereocenters. The Morgan fingerprint density at radius 1 is 1.31 bits per heavy atom. The van der Waals surface area contributed by atoms with Gasteiger partial charge in [-0.1, -0.05) is 20.8 Å². The van der Waals surface area contributed by atoms with Gasteiger partial charge in [-0.2, -0.15) is 13.2 Å². The smallest absolute Gasteiger partial charge is 0.321 e. The van der Waals surface area contributed by atoms with E-state index in [0.717, 1.165) is 0 Å². The zero-order valence-electron chi connectivity index (χ0n) is 7.90. The first kappa shape index (κ1) is 12.4. The molecule has 2 N–H and O–H groups in total. The fraction of sp³-hybridized carbons (Fsp3) is 0.875. The van der Waals surface area contributed by atoms with Crippen LogP contribution in [0.3, 0.4) is 0 Å². The van der Waals surface area contributed by atoms with Crippen LogP contribution >= 0.6 is 0 Å². The van der Waals surface area contributed by atoms with Crippen LogP contribution in [0.2, 0.25) is 0 Å². The Balaban J connectivity index is 4.30. The number of ketones is 1. The summed E-state index contributed by atoms with van der Waals surface area (Å²) in [6.45, 7) is 4.64. The summed E-state index contributed by atoms with van der Waals surface area (Å²) in [7, 11) is 0. The van der Waals surface area contributed by atoms with Gasteiger partial charge >= 0.3 is 6.18 Å². The molecule has 0 amide bonds. The third-order valence-electron chi connectivity index (χ3n) is 1.53. The van der Waals surface area contributed by atoms with E-state index in [1.54, 1.807) is 20.8 Å². The zero-order valence-corrected chi connectivity index (χ0v) is 7.90. The Hall–Kier alpha value is -0.580. The van der Waals surface area contributed by atoms with Gasteiger partial charge in [0.15, 0.2) is 5.78 Å². The van der Waals surface area contributed by atoms with E-state index in [-0.39, 0.29) is 0 Å². The van der Waals surface area contributed by atoms with Crippen LogP contribution in [0.25, 0.3) is 0 Å². The van der Waals surface area contributed by atoms with Crippen LogP contribution in [0.5, 0.6) is 0 Å². The van der Waals surface area contributed by atoms with Crippen molar-refractivity contribution in [2.45, 2.75) is 39.4 Å². The number of hydrogen-bond donors (Lipinski definition) is 1. The maximum atomic E-state index is 11.8. The van der Waals surface area contributed by atoms with Crippen LogP contribution < -0.4 is 5.73 Å². The van der Waals surface area contributed by atoms with E-state index < -0.39 is 29.8 Å². The number of nitrogens with two attached hydrogens (primary N) is 1. The Morgan fingerprint density at radius 3 is 1.92 bits per heavy atom. The normalized spacial score (nSPS) is 15.6. The second-order valence-corrected chi connectivity index (χ2v) is 4.04. The van der Waals surface area contributed by atoms with Crippen molar-refractivity contribution < 1.29 is 18.0 Å². The number of hydrogen-bond acceptors (Lipinski definition) is 2. The molecule has 0 radical (unpaired) electrons. The number of halogens is 3. The largest absolute Gasteiger partial charge is 0.391 e. The molecule has 0 bridgehead atoms. The lowest BCUT2D eigenvalue weighted by Gasteiger charge is -2.22. The van der Waals surface area contributed by atoms with Crippen molar-refractivity contribution in [3.63, 3.8) is 0 Å². The molecule has 5 heteroatoms. The lowest BCUT2D eigenvalue weighted by atomic mass is 9.86. The first-order valence-electron chi connectivity index (χ1n) is 3.90. The minimum atomic E-state index is -4.37. The van der Waals surface area contributed by atoms with Gasteiger partial charge in [0.1, 0.15) is 0 Å². The Bertz CT molecular complexity index is 193. The Morgan fingerprint density at radius 2 is 1.69 bits per heavy atom. The molecule has 0 heterocycles. The molecular formula is C8H14F3NO. The van der Waals surface area contributed by atoms with Gasteiger partial charge in [0, 0.05) is 5.41 Å². The van der Waals surface area contributed by atoms with Crippen LogP contribution in [0.15, 0.2) is 0 Å². The SMILES string of the molecule is CC(C)(C)C(=O)C(N)CC(F)(F)F. The van der Waals surface area contributed by atoms with E-state index in [1.807, 2.05) is 0 Å². The van der Waals surface area contributed by atoms with Gasteiger partial charge in [0.2, 0.25) is 0 Å². The molecule has 0 fully saturated rings. The molecule has 0 aromatic heterocycles. The van der Waals surface area contributed by atoms with Crippen LogP contribution in [-0.2, 0) is 4.79 Å². The van der Waals surface area contributed by atoms with Gasteiger partial charge in [-0.05, 0) is 0 Å². The number of carbonyl (C=O) groups is 1. The van der Waals surface area contributed by atoms with Crippen molar-refractivity contribution in [3.05, 3.63) is 0 Å². The molecule has 0 aromatic rings. The highest BCUT2D eigenvalue weighted by Gasteiger charge is 2.36. The predicted octanol–water partition coefficient (Wildman–Crippen LogP) is 1.88. The summed E-state index contributed by atoms with van der Waals surface area (Å²) < 4.78 is 35.5. The molecule has 0 aliphatic carbocycles. The second kappa shape index (κ2) is 3.65. The van der Waals surface area contributed by atoms with Crippen molar-refractivity contribution in [2.75, 3.05) is 0 Å². The van der Waals surface area contributed by atoms with Crippen molar-refractivity contribution in [1.82, 2.24) is 0 Å². The van der Waals surface area contributed by atoms with Crippen molar-refractivity contribution in [3.8, 4) is 0 Å². The highest BCUT2D eigenvalue weighted by atomic mass is 19.4. The van der Waals surface area contributed by atoms with Gasteiger partial charge in [-0.3, -0.25) is 4.79 Å². The first-order valence-corrected chi connectivity index (χ1v) is 3.90. The molecule has 0 aliphatic rings. The van der Waals surface area contributed by atoms with E-state index in [1.165, 1.54) is 0 Å². The third kappa shape index (κ3) is 4.87. The molecule has 2 nitrogen and oxygen atoms in total. The lowest BCUT2D eigenvalue weighted by Crippen LogP contribution is -2.41. The average Bonchev–Trinajstić information content (AvgIpc) is 1.79. The summed E-state index contributed by atoms with van der Waals surface area (Å²) in [4.78, 5) is 11.2. The molecule has 0 saturated heterocycles. The van der Waals surface area contributed by atoms with Crippen molar-refractivity contribution >= 4 is 5.78 Å². The van der Waals surface area contributed by atoms with E-state index in [2.05, 4.69) is 0 Å². The molecular weight excluding hydrogens is 183 g/mol. The van der Waals surface area contributed by atoms with Gasteiger partial charge in [0.25, 0.3) is 0 Å². The van der Waals surface area contributed by atoms with Crippen LogP contribution in [0.4, 0.5) is 13.2 Å². The minimum Gasteiger partial charge on any atom is -0.321 e. The second-order valence-electron chi connectivity index (χ2n) is 4.04. The third-order valence-corrected chi connectivity index (χ3v) is 1.53. The highest BCUT2D eigenvalue weighted by Crippen LogP contribution is 2.25. The van der Waals surface area contributed by atoms with Gasteiger partial charge in [0.05, 0.1) is 12.5 Å². The number of carbonyl (C=O) groups excluding carboxylic acids is 1. The average molecular weight is 197 g/mol. The van der Waals surface area contributed by atoms with Crippen molar-refractivity contribution in [1.29, 1.82) is 0 Å². The quantitative estimate of drug-likeness (QED) is 0.734. The molecule has 0 saturated carbocycles. The number of alkyl halides is 3. The summed E-state index contributed by atoms with van der Waals surface area (Å²) >= 11 is 0. The Kier molecular flexibility index (Phi) is 3.49. The molecule has 78 valence electrons. The van der Waals surface area contributed by atoms with Crippen molar-refractivity contribution in [2.24, 2.45) is 11.1 Å². The molecule has 0 aliphatic heterocycles. The summed E-state index contributed by atoms with van der Waals surface area (Å²) in [5, 5.41) is 0. The molecule has 1 unspecified atom stereocenters. The Labute approximate surface area is 75.3 Å². The van der Waals surface area contributed by atoms with Gasteiger partial charge < -0.3 is 5.73 Å². The topological polar surface area (TPSA) is 43.1 Å². The molecule has 13 heavy (non-hydrogen) atoms. The lowest BCUT2D eigenvalue weighted by molar-refractivity contribution is -0.149. The number of rotatable bonds is 2. The fourth-order valence-electron chi connectivity index (χ4n) is 0.898. The monoisotopic (exact) mass is 197 g/mol. The summed E-state index contributed by atoms with van der Waals surface area (Å²) in [6, 6.07) is -1.44. The maximum Gasteiger partial charge on any atom is 0.391 e. The van der Waals surface area contributed by atoms with Gasteiger partial charge in [-0.25, -0.2) is 0 Å². The van der Waals surface area contributed by atoms with Gasteiger partial charge in [-0.15, -0.1) is 0 Å². The van der Waals surface area contributed by atoms with E-state index >= 15 is 0 Å². The van der Waals surface area contributed by atoms with Crippen LogP contribution in [0, 0.1) is 5.41 Å². The summed E-state index contributed by atoms with van der Waals surface area (Å²) in [6.07, 6.45) is -5.62. The van der Waals surface area contributed by atoms with Crippen LogP contribution in [-0.4, -0.2) is 18.0 Å². The van der Waals surface area contributed by atoms with Crippen LogP contribution in [0.1, 0.15) is 27.2 Å². The number of Topliss-reactive ketones (excluding diaryl/α,β-unsaturated/α-hetero) is 1. The standard InChI is InChI=1S/C8H14F3NO/c1-7(2,3)6(13)5(12)4-8(9,10)11/h5H,4,12H2,1-3H3. The minimum absolute atomic E-state index is 0.565. The summed E-state index contributed by atoms with van der Waals surface area (Å²) in [5.74, 6) is -0.565. The zero-order chi connectivity index (χ0) is 10.9.